The zero-order valence-electron chi connectivity index (χ0n) is 23.8. The molecule has 1 saturated heterocycles. The maximum absolute atomic E-state index is 9.42. The SMILES string of the molecule is CC[C@@]1(C[C@@H](C)COCc2ccccc2C)[C@H]2Cc3ccc(OCCO)c4c3[C@@]1(CCN2C)[C@H](COC)O4. The van der Waals surface area contributed by atoms with Crippen LogP contribution in [0.25, 0.3) is 0 Å². The van der Waals surface area contributed by atoms with E-state index in [2.05, 4.69) is 63.1 Å². The molecule has 0 radical (unpaired) electrons. The van der Waals surface area contributed by atoms with Gasteiger partial charge in [-0.25, -0.2) is 0 Å². The molecule has 0 aromatic heterocycles. The summed E-state index contributed by atoms with van der Waals surface area (Å²) in [4.78, 5) is 2.59. The molecule has 1 N–H and O–H groups in total. The standard InChI is InChI=1S/C32H45NO5/c1-6-31(18-22(2)19-36-20-25-10-8-7-9-23(25)3)27-17-24-11-12-26(37-16-15-34)30-29(24)32(31,13-14-33(27)4)28(38-30)21-35-5/h7-12,22,27-28,34H,6,13-21H2,1-5H3/t22-,27-,28+,31-,32-/m1/s1. The van der Waals surface area contributed by atoms with Crippen molar-refractivity contribution >= 4 is 0 Å². The Balaban J connectivity index is 1.50. The van der Waals surface area contributed by atoms with Crippen LogP contribution in [0.4, 0.5) is 0 Å². The molecule has 0 unspecified atom stereocenters. The predicted octanol–water partition coefficient (Wildman–Crippen LogP) is 4.91. The zero-order valence-corrected chi connectivity index (χ0v) is 23.8. The molecule has 2 heterocycles. The Bertz CT molecular complexity index is 1120. The minimum Gasteiger partial charge on any atom is -0.487 e. The van der Waals surface area contributed by atoms with Gasteiger partial charge in [-0.3, -0.25) is 0 Å². The summed E-state index contributed by atoms with van der Waals surface area (Å²) in [7, 11) is 4.07. The molecule has 1 spiro atoms. The van der Waals surface area contributed by atoms with E-state index in [-0.39, 0.29) is 30.1 Å². The molecule has 2 aliphatic heterocycles. The van der Waals surface area contributed by atoms with E-state index in [0.29, 0.717) is 25.2 Å². The van der Waals surface area contributed by atoms with Crippen molar-refractivity contribution in [2.45, 2.75) is 70.6 Å². The summed E-state index contributed by atoms with van der Waals surface area (Å²) in [6.45, 7) is 10.1. The van der Waals surface area contributed by atoms with Gasteiger partial charge in [-0.05, 0) is 80.3 Å². The highest BCUT2D eigenvalue weighted by Crippen LogP contribution is 2.68. The minimum atomic E-state index is -0.152. The molecule has 1 fully saturated rings. The van der Waals surface area contributed by atoms with Gasteiger partial charge in [0.05, 0.1) is 19.8 Å². The Morgan fingerprint density at radius 3 is 2.76 bits per heavy atom. The average molecular weight is 524 g/mol. The van der Waals surface area contributed by atoms with E-state index in [1.54, 1.807) is 7.11 Å². The number of hydrogen-bond acceptors (Lipinski definition) is 6. The van der Waals surface area contributed by atoms with Gasteiger partial charge in [0.1, 0.15) is 12.7 Å². The fraction of sp³-hybridized carbons (Fsp3) is 0.625. The molecule has 2 bridgehead atoms. The Kier molecular flexibility index (Phi) is 8.07. The summed E-state index contributed by atoms with van der Waals surface area (Å²) < 4.78 is 24.9. The van der Waals surface area contributed by atoms with Crippen molar-refractivity contribution < 1.29 is 24.1 Å². The van der Waals surface area contributed by atoms with Gasteiger partial charge in [0, 0.05) is 30.7 Å². The molecule has 5 atom stereocenters. The van der Waals surface area contributed by atoms with E-state index in [9.17, 15) is 5.11 Å². The number of fused-ring (bicyclic) bond motifs is 1. The molecular formula is C32H45NO5. The second-order valence-corrected chi connectivity index (χ2v) is 11.7. The van der Waals surface area contributed by atoms with Gasteiger partial charge in [-0.1, -0.05) is 44.2 Å². The van der Waals surface area contributed by atoms with Gasteiger partial charge in [0.15, 0.2) is 11.5 Å². The molecule has 0 amide bonds. The van der Waals surface area contributed by atoms with Crippen molar-refractivity contribution in [3.63, 3.8) is 0 Å². The van der Waals surface area contributed by atoms with Crippen molar-refractivity contribution in [3.05, 3.63) is 58.7 Å². The smallest absolute Gasteiger partial charge is 0.165 e. The topological polar surface area (TPSA) is 60.4 Å². The highest BCUT2D eigenvalue weighted by molar-refractivity contribution is 5.61. The van der Waals surface area contributed by atoms with Gasteiger partial charge in [-0.2, -0.15) is 0 Å². The van der Waals surface area contributed by atoms with E-state index < -0.39 is 0 Å². The molecule has 0 saturated carbocycles. The molecule has 1 aliphatic carbocycles. The Hall–Kier alpha value is -2.12. The number of nitrogens with zero attached hydrogens (tertiary/aromatic N) is 1. The fourth-order valence-corrected chi connectivity index (χ4v) is 8.11. The minimum absolute atomic E-state index is 0.0164. The van der Waals surface area contributed by atoms with Crippen LogP contribution < -0.4 is 9.47 Å². The summed E-state index contributed by atoms with van der Waals surface area (Å²) in [6, 6.07) is 13.2. The molecule has 3 aliphatic rings. The van der Waals surface area contributed by atoms with Crippen LogP contribution in [0, 0.1) is 18.3 Å². The third kappa shape index (κ3) is 4.34. The molecule has 2 aromatic rings. The summed E-state index contributed by atoms with van der Waals surface area (Å²) in [6.07, 6.45) is 4.10. The maximum atomic E-state index is 9.42. The molecule has 6 nitrogen and oxygen atoms in total. The monoisotopic (exact) mass is 523 g/mol. The lowest BCUT2D eigenvalue weighted by molar-refractivity contribution is -0.120. The van der Waals surface area contributed by atoms with Crippen LogP contribution >= 0.6 is 0 Å². The normalized spacial score (nSPS) is 28.6. The quantitative estimate of drug-likeness (QED) is 0.427. The number of benzene rings is 2. The number of rotatable bonds is 12. The molecule has 2 aromatic carbocycles. The average Bonchev–Trinajstić information content (AvgIpc) is 3.24. The maximum Gasteiger partial charge on any atom is 0.165 e. The first-order valence-corrected chi connectivity index (χ1v) is 14.3. The number of aliphatic hydroxyl groups is 1. The largest absolute Gasteiger partial charge is 0.487 e. The lowest BCUT2D eigenvalue weighted by atomic mass is 9.44. The third-order valence-corrected chi connectivity index (χ3v) is 9.73. The number of hydrogen-bond donors (Lipinski definition) is 1. The first-order chi connectivity index (χ1) is 18.4. The number of ether oxygens (including phenoxy) is 4. The van der Waals surface area contributed by atoms with Crippen molar-refractivity contribution in [1.82, 2.24) is 4.90 Å². The highest BCUT2D eigenvalue weighted by Gasteiger charge is 2.69. The van der Waals surface area contributed by atoms with Crippen LogP contribution in [0.15, 0.2) is 36.4 Å². The molecule has 6 heteroatoms. The summed E-state index contributed by atoms with van der Waals surface area (Å²) in [5.74, 6) is 2.02. The second kappa shape index (κ2) is 11.2. The van der Waals surface area contributed by atoms with Crippen LogP contribution in [-0.2, 0) is 27.9 Å². The van der Waals surface area contributed by atoms with Gasteiger partial charge in [-0.15, -0.1) is 0 Å². The first-order valence-electron chi connectivity index (χ1n) is 14.3. The van der Waals surface area contributed by atoms with E-state index in [4.69, 9.17) is 18.9 Å². The van der Waals surface area contributed by atoms with E-state index in [1.807, 2.05) is 6.07 Å². The highest BCUT2D eigenvalue weighted by atomic mass is 16.6. The number of likely N-dealkylation sites (N-methyl/N-ethyl adjacent to an activating group) is 1. The molecule has 5 rings (SSSR count). The van der Waals surface area contributed by atoms with Crippen LogP contribution in [0.3, 0.4) is 0 Å². The van der Waals surface area contributed by atoms with Crippen molar-refractivity contribution in [3.8, 4) is 11.5 Å². The van der Waals surface area contributed by atoms with Gasteiger partial charge in [0.2, 0.25) is 0 Å². The van der Waals surface area contributed by atoms with E-state index >= 15 is 0 Å². The summed E-state index contributed by atoms with van der Waals surface area (Å²) in [5, 5.41) is 9.42. The fourth-order valence-electron chi connectivity index (χ4n) is 8.11. The summed E-state index contributed by atoms with van der Waals surface area (Å²) >= 11 is 0. The molecule has 208 valence electrons. The number of methoxy groups -OCH3 is 1. The lowest BCUT2D eigenvalue weighted by Crippen LogP contribution is -2.69. The Morgan fingerprint density at radius 1 is 1.21 bits per heavy atom. The number of piperidine rings is 1. The number of aryl methyl sites for hydroxylation is 1. The summed E-state index contributed by atoms with van der Waals surface area (Å²) in [5.41, 5.74) is 5.12. The van der Waals surface area contributed by atoms with Crippen LogP contribution in [0.1, 0.15) is 55.4 Å². The van der Waals surface area contributed by atoms with Crippen LogP contribution in [-0.4, -0.2) is 69.3 Å². The van der Waals surface area contributed by atoms with Crippen molar-refractivity contribution in [2.24, 2.45) is 11.3 Å². The van der Waals surface area contributed by atoms with Gasteiger partial charge >= 0.3 is 0 Å². The number of likely N-dealkylation sites (tertiary alicyclic amines) is 1. The Morgan fingerprint density at radius 2 is 2.03 bits per heavy atom. The van der Waals surface area contributed by atoms with E-state index in [1.165, 1.54) is 22.3 Å². The third-order valence-electron chi connectivity index (χ3n) is 9.73. The molecule has 38 heavy (non-hydrogen) atoms. The predicted molar refractivity (Wildman–Crippen MR) is 149 cm³/mol. The van der Waals surface area contributed by atoms with Crippen molar-refractivity contribution in [1.29, 1.82) is 0 Å². The van der Waals surface area contributed by atoms with Gasteiger partial charge < -0.3 is 29.0 Å². The van der Waals surface area contributed by atoms with Crippen molar-refractivity contribution in [2.75, 3.05) is 47.1 Å². The lowest BCUT2D eigenvalue weighted by Gasteiger charge is -2.64. The zero-order chi connectivity index (χ0) is 26.9. The number of aliphatic hydroxyl groups excluding tert-OH is 1. The van der Waals surface area contributed by atoms with Crippen LogP contribution in [0.2, 0.25) is 0 Å². The van der Waals surface area contributed by atoms with E-state index in [0.717, 1.165) is 50.3 Å². The second-order valence-electron chi connectivity index (χ2n) is 11.7. The Labute approximate surface area is 228 Å². The van der Waals surface area contributed by atoms with Gasteiger partial charge in [0.25, 0.3) is 0 Å². The first kappa shape index (κ1) is 27.4. The van der Waals surface area contributed by atoms with Crippen LogP contribution in [0.5, 0.6) is 11.5 Å². The molecular weight excluding hydrogens is 478 g/mol.